The van der Waals surface area contributed by atoms with E-state index in [2.05, 4.69) is 6.58 Å². The maximum Gasteiger partial charge on any atom is 0.345 e. The van der Waals surface area contributed by atoms with Crippen molar-refractivity contribution >= 4 is 11.9 Å². The van der Waals surface area contributed by atoms with E-state index in [4.69, 9.17) is 15.1 Å². The highest BCUT2D eigenvalue weighted by molar-refractivity contribution is 5.90. The molecule has 0 radical (unpaired) electrons. The largest absolute Gasteiger partial charge is 0.477 e. The van der Waals surface area contributed by atoms with Gasteiger partial charge in [-0.1, -0.05) is 13.5 Å². The zero-order chi connectivity index (χ0) is 12.4. The Morgan fingerprint density at radius 1 is 1.53 bits per heavy atom. The van der Waals surface area contributed by atoms with Gasteiger partial charge >= 0.3 is 11.9 Å². The summed E-state index contributed by atoms with van der Waals surface area (Å²) in [4.78, 5) is 20.0. The lowest BCUT2D eigenvalue weighted by Gasteiger charge is -2.04. The van der Waals surface area contributed by atoms with E-state index in [1.54, 1.807) is 6.92 Å². The van der Waals surface area contributed by atoms with Crippen LogP contribution in [0.2, 0.25) is 0 Å². The molecule has 15 heavy (non-hydrogen) atoms. The summed E-state index contributed by atoms with van der Waals surface area (Å²) >= 11 is 0. The van der Waals surface area contributed by atoms with Crippen molar-refractivity contribution in [1.82, 2.24) is 0 Å². The molecule has 0 rings (SSSR count). The van der Waals surface area contributed by atoms with Crippen molar-refractivity contribution in [2.75, 3.05) is 0 Å². The molecule has 84 valence electrons. The first-order valence-electron chi connectivity index (χ1n) is 4.36. The molecule has 0 bridgehead atoms. The van der Waals surface area contributed by atoms with E-state index in [9.17, 15) is 9.59 Å². The Morgan fingerprint density at radius 3 is 2.07 bits per heavy atom. The van der Waals surface area contributed by atoms with Crippen molar-refractivity contribution in [3.8, 4) is 6.07 Å². The van der Waals surface area contributed by atoms with Crippen molar-refractivity contribution in [2.45, 2.75) is 33.3 Å². The van der Waals surface area contributed by atoms with Gasteiger partial charge in [0.15, 0.2) is 0 Å². The minimum Gasteiger partial charge on any atom is -0.477 e. The number of aliphatic carboxylic acids is 1. The monoisotopic (exact) mass is 213 g/mol. The summed E-state index contributed by atoms with van der Waals surface area (Å²) in [5.74, 6) is -1.39. The normalized spacial score (nSPS) is 8.20. The average molecular weight is 213 g/mol. The molecular weight excluding hydrogens is 198 g/mol. The fourth-order valence-electron chi connectivity index (χ4n) is 0.394. The summed E-state index contributed by atoms with van der Waals surface area (Å²) < 4.78 is 4.76. The summed E-state index contributed by atoms with van der Waals surface area (Å²) in [5.41, 5.74) is -0.431. The Kier molecular flexibility index (Phi) is 9.12. The van der Waals surface area contributed by atoms with Crippen molar-refractivity contribution < 1.29 is 19.4 Å². The Morgan fingerprint density at radius 2 is 2.00 bits per heavy atom. The molecule has 0 aliphatic rings. The molecule has 0 aliphatic heterocycles. The molecule has 1 N–H and O–H groups in total. The van der Waals surface area contributed by atoms with Crippen LogP contribution in [-0.4, -0.2) is 23.1 Å². The molecule has 0 aromatic rings. The van der Waals surface area contributed by atoms with Gasteiger partial charge in [-0.3, -0.25) is 4.79 Å². The van der Waals surface area contributed by atoms with Gasteiger partial charge in [0.25, 0.3) is 0 Å². The van der Waals surface area contributed by atoms with E-state index in [-0.39, 0.29) is 12.1 Å². The van der Waals surface area contributed by atoms with Gasteiger partial charge in [0, 0.05) is 6.42 Å². The molecule has 5 heteroatoms. The Hall–Kier alpha value is -1.83. The van der Waals surface area contributed by atoms with Gasteiger partial charge < -0.3 is 9.84 Å². The quantitative estimate of drug-likeness (QED) is 0.436. The second-order valence-corrected chi connectivity index (χ2v) is 2.79. The molecule has 0 aliphatic carbocycles. The molecule has 0 unspecified atom stereocenters. The number of carbonyl (C=O) groups is 2. The van der Waals surface area contributed by atoms with Crippen LogP contribution >= 0.6 is 0 Å². The first-order chi connectivity index (χ1) is 6.84. The zero-order valence-electron chi connectivity index (χ0n) is 9.11. The highest BCUT2D eigenvalue weighted by Crippen LogP contribution is 1.90. The number of nitriles is 1. The van der Waals surface area contributed by atoms with Crippen molar-refractivity contribution in [3.05, 3.63) is 12.2 Å². The Bertz CT molecular complexity index is 276. The van der Waals surface area contributed by atoms with Gasteiger partial charge in [0.2, 0.25) is 0 Å². The van der Waals surface area contributed by atoms with E-state index >= 15 is 0 Å². The summed E-state index contributed by atoms with van der Waals surface area (Å²) in [6.45, 7) is 8.38. The van der Waals surface area contributed by atoms with Gasteiger partial charge in [-0.25, -0.2) is 4.79 Å². The SMILES string of the molecule is C=C(C#N)C(=O)O.CCC(=O)OC(C)C. The molecule has 0 fully saturated rings. The summed E-state index contributed by atoms with van der Waals surface area (Å²) in [6.07, 6.45) is 0.500. The average Bonchev–Trinajstić information content (AvgIpc) is 2.16. The molecule has 0 amide bonds. The number of carbonyl (C=O) groups excluding carboxylic acids is 1. The third kappa shape index (κ3) is 12.2. The molecule has 0 aromatic carbocycles. The second kappa shape index (κ2) is 8.75. The number of nitrogens with zero attached hydrogens (tertiary/aromatic N) is 1. The fraction of sp³-hybridized carbons (Fsp3) is 0.500. The minimum atomic E-state index is -1.26. The van der Waals surface area contributed by atoms with E-state index in [0.29, 0.717) is 6.42 Å². The van der Waals surface area contributed by atoms with Crippen LogP contribution in [0.15, 0.2) is 12.2 Å². The van der Waals surface area contributed by atoms with Crippen molar-refractivity contribution in [2.24, 2.45) is 0 Å². The maximum absolute atomic E-state index is 10.4. The number of rotatable bonds is 3. The van der Waals surface area contributed by atoms with Gasteiger partial charge in [0.1, 0.15) is 11.6 Å². The topological polar surface area (TPSA) is 87.4 Å². The number of hydrogen-bond acceptors (Lipinski definition) is 4. The van der Waals surface area contributed by atoms with Crippen LogP contribution in [0.1, 0.15) is 27.2 Å². The van der Waals surface area contributed by atoms with Crippen LogP contribution < -0.4 is 0 Å². The number of esters is 1. The lowest BCUT2D eigenvalue weighted by molar-refractivity contribution is -0.147. The molecule has 0 heterocycles. The van der Waals surface area contributed by atoms with E-state index in [0.717, 1.165) is 0 Å². The van der Waals surface area contributed by atoms with Crippen molar-refractivity contribution in [3.63, 3.8) is 0 Å². The summed E-state index contributed by atoms with van der Waals surface area (Å²) in [6, 6.07) is 1.37. The zero-order valence-corrected chi connectivity index (χ0v) is 9.11. The predicted octanol–water partition coefficient (Wildman–Crippen LogP) is 1.50. The first kappa shape index (κ1) is 15.6. The lowest BCUT2D eigenvalue weighted by atomic mass is 10.4. The first-order valence-corrected chi connectivity index (χ1v) is 4.36. The van der Waals surface area contributed by atoms with Crippen LogP contribution in [-0.2, 0) is 14.3 Å². The van der Waals surface area contributed by atoms with Gasteiger partial charge in [-0.05, 0) is 13.8 Å². The summed E-state index contributed by atoms with van der Waals surface area (Å²) in [7, 11) is 0. The molecule has 0 saturated carbocycles. The predicted molar refractivity (Wildman–Crippen MR) is 53.9 cm³/mol. The number of carboxylic acid groups (broad SMARTS) is 1. The fourth-order valence-corrected chi connectivity index (χ4v) is 0.394. The van der Waals surface area contributed by atoms with Crippen LogP contribution in [0.4, 0.5) is 0 Å². The Labute approximate surface area is 89.0 Å². The molecule has 0 spiro atoms. The smallest absolute Gasteiger partial charge is 0.345 e. The standard InChI is InChI=1S/C6H12O2.C4H3NO2/c1-4-6(7)8-5(2)3;1-3(2-5)4(6)7/h5H,4H2,1-3H3;1H2,(H,6,7). The number of hydrogen-bond donors (Lipinski definition) is 1. The Balaban J connectivity index is 0. The number of ether oxygens (including phenoxy) is 1. The van der Waals surface area contributed by atoms with Crippen LogP contribution in [0.5, 0.6) is 0 Å². The minimum absolute atomic E-state index is 0.0300. The molecular formula is C10H15NO4. The van der Waals surface area contributed by atoms with Crippen LogP contribution in [0, 0.1) is 11.3 Å². The lowest BCUT2D eigenvalue weighted by Crippen LogP contribution is -2.09. The van der Waals surface area contributed by atoms with Gasteiger partial charge in [0.05, 0.1) is 6.10 Å². The highest BCUT2D eigenvalue weighted by atomic mass is 16.5. The molecule has 0 atom stereocenters. The van der Waals surface area contributed by atoms with Crippen molar-refractivity contribution in [1.29, 1.82) is 5.26 Å². The summed E-state index contributed by atoms with van der Waals surface area (Å²) in [5, 5.41) is 15.6. The molecule has 5 nitrogen and oxygen atoms in total. The van der Waals surface area contributed by atoms with Crippen LogP contribution in [0.25, 0.3) is 0 Å². The molecule has 0 aromatic heterocycles. The third-order valence-corrected chi connectivity index (χ3v) is 1.05. The number of carboxylic acids is 1. The molecule has 0 saturated heterocycles. The van der Waals surface area contributed by atoms with Crippen LogP contribution in [0.3, 0.4) is 0 Å². The van der Waals surface area contributed by atoms with E-state index in [1.165, 1.54) is 6.07 Å². The second-order valence-electron chi connectivity index (χ2n) is 2.79. The van der Waals surface area contributed by atoms with E-state index < -0.39 is 11.5 Å². The third-order valence-electron chi connectivity index (χ3n) is 1.05. The van der Waals surface area contributed by atoms with E-state index in [1.807, 2.05) is 13.8 Å². The highest BCUT2D eigenvalue weighted by Gasteiger charge is 1.99. The van der Waals surface area contributed by atoms with Gasteiger partial charge in [-0.2, -0.15) is 5.26 Å². The van der Waals surface area contributed by atoms with Gasteiger partial charge in [-0.15, -0.1) is 0 Å². The maximum atomic E-state index is 10.4.